The van der Waals surface area contributed by atoms with Crippen LogP contribution in [0.4, 0.5) is 0 Å². The van der Waals surface area contributed by atoms with Crippen molar-refractivity contribution in [3.8, 4) is 0 Å². The Kier molecular flexibility index (Phi) is 5.97. The summed E-state index contributed by atoms with van der Waals surface area (Å²) >= 11 is 0. The summed E-state index contributed by atoms with van der Waals surface area (Å²) in [4.78, 5) is 11.5. The van der Waals surface area contributed by atoms with E-state index >= 15 is 0 Å². The minimum atomic E-state index is -0.763. The van der Waals surface area contributed by atoms with Crippen LogP contribution in [0.5, 0.6) is 0 Å². The number of carbonyl (C=O) groups excluding carboxylic acids is 1. The second kappa shape index (κ2) is 6.14. The molecule has 1 unspecified atom stereocenters. The van der Waals surface area contributed by atoms with Crippen molar-refractivity contribution < 1.29 is 9.90 Å². The zero-order valence-corrected chi connectivity index (χ0v) is 9.21. The van der Waals surface area contributed by atoms with Gasteiger partial charge in [0, 0.05) is 6.42 Å². The molecule has 0 aromatic heterocycles. The van der Waals surface area contributed by atoms with Gasteiger partial charge in [-0.1, -0.05) is 40.5 Å². The Morgan fingerprint density at radius 2 is 1.69 bits per heavy atom. The number of ketones is 1. The number of aliphatic hydroxyl groups is 1. The van der Waals surface area contributed by atoms with E-state index in [1.165, 1.54) is 0 Å². The first kappa shape index (κ1) is 12.6. The number of hydrogen-bond acceptors (Lipinski definition) is 2. The molecule has 0 amide bonds. The average Bonchev–Trinajstić information content (AvgIpc) is 2.12. The van der Waals surface area contributed by atoms with Crippen LogP contribution in [0.3, 0.4) is 0 Å². The first-order valence-electron chi connectivity index (χ1n) is 5.23. The minimum Gasteiger partial charge on any atom is -0.385 e. The highest BCUT2D eigenvalue weighted by Crippen LogP contribution is 2.16. The predicted octanol–water partition coefficient (Wildman–Crippen LogP) is 2.40. The summed E-state index contributed by atoms with van der Waals surface area (Å²) in [6.07, 6.45) is 1.81. The number of hydrogen-bond donors (Lipinski definition) is 1. The molecule has 0 spiro atoms. The van der Waals surface area contributed by atoms with Gasteiger partial charge in [-0.05, 0) is 11.8 Å². The standard InChI is InChI=1S/C11H22O2/c1-5-9(6-2)7-10(12)11(13)8(3)4/h8-9,11,13H,5-7H2,1-4H3. The molecule has 13 heavy (non-hydrogen) atoms. The van der Waals surface area contributed by atoms with Crippen LogP contribution in [0.15, 0.2) is 0 Å². The van der Waals surface area contributed by atoms with Crippen molar-refractivity contribution in [3.63, 3.8) is 0 Å². The Labute approximate surface area is 81.3 Å². The molecular weight excluding hydrogens is 164 g/mol. The lowest BCUT2D eigenvalue weighted by molar-refractivity contribution is -0.130. The molecule has 1 N–H and O–H groups in total. The van der Waals surface area contributed by atoms with Gasteiger partial charge < -0.3 is 5.11 Å². The molecule has 0 aromatic rings. The van der Waals surface area contributed by atoms with Crippen molar-refractivity contribution >= 4 is 5.78 Å². The van der Waals surface area contributed by atoms with E-state index in [2.05, 4.69) is 13.8 Å². The van der Waals surface area contributed by atoms with Crippen LogP contribution in [-0.2, 0) is 4.79 Å². The summed E-state index contributed by atoms with van der Waals surface area (Å²) in [5.41, 5.74) is 0. The van der Waals surface area contributed by atoms with Gasteiger partial charge >= 0.3 is 0 Å². The smallest absolute Gasteiger partial charge is 0.161 e. The maximum Gasteiger partial charge on any atom is 0.161 e. The van der Waals surface area contributed by atoms with Crippen LogP contribution >= 0.6 is 0 Å². The van der Waals surface area contributed by atoms with Gasteiger partial charge in [-0.2, -0.15) is 0 Å². The quantitative estimate of drug-likeness (QED) is 0.691. The van der Waals surface area contributed by atoms with E-state index in [1.807, 2.05) is 13.8 Å². The Morgan fingerprint density at radius 1 is 1.23 bits per heavy atom. The van der Waals surface area contributed by atoms with Crippen molar-refractivity contribution in [1.29, 1.82) is 0 Å². The molecule has 0 heterocycles. The molecule has 0 saturated carbocycles. The molecule has 0 aliphatic rings. The first-order chi connectivity index (χ1) is 6.02. The number of rotatable bonds is 6. The van der Waals surface area contributed by atoms with Crippen LogP contribution in [0.25, 0.3) is 0 Å². The molecule has 0 aromatic carbocycles. The zero-order valence-electron chi connectivity index (χ0n) is 9.21. The van der Waals surface area contributed by atoms with Crippen molar-refractivity contribution in [1.82, 2.24) is 0 Å². The van der Waals surface area contributed by atoms with Gasteiger partial charge in [-0.15, -0.1) is 0 Å². The largest absolute Gasteiger partial charge is 0.385 e. The van der Waals surface area contributed by atoms with E-state index in [0.29, 0.717) is 12.3 Å². The lowest BCUT2D eigenvalue weighted by Crippen LogP contribution is -2.27. The van der Waals surface area contributed by atoms with E-state index in [9.17, 15) is 9.90 Å². The predicted molar refractivity (Wildman–Crippen MR) is 54.5 cm³/mol. The van der Waals surface area contributed by atoms with E-state index in [4.69, 9.17) is 0 Å². The lowest BCUT2D eigenvalue weighted by atomic mass is 9.92. The Hall–Kier alpha value is -0.370. The number of aliphatic hydroxyl groups excluding tert-OH is 1. The molecule has 0 saturated heterocycles. The number of Topliss-reactive ketones (excluding diaryl/α,β-unsaturated/α-hetero) is 1. The molecule has 78 valence electrons. The number of carbonyl (C=O) groups is 1. The molecule has 0 radical (unpaired) electrons. The first-order valence-corrected chi connectivity index (χ1v) is 5.23. The van der Waals surface area contributed by atoms with Gasteiger partial charge in [-0.25, -0.2) is 0 Å². The lowest BCUT2D eigenvalue weighted by Gasteiger charge is -2.16. The Balaban J connectivity index is 3.98. The second-order valence-corrected chi connectivity index (χ2v) is 4.04. The van der Waals surface area contributed by atoms with E-state index in [1.54, 1.807) is 0 Å². The summed E-state index contributed by atoms with van der Waals surface area (Å²) < 4.78 is 0. The summed E-state index contributed by atoms with van der Waals surface area (Å²) in [7, 11) is 0. The molecule has 1 atom stereocenters. The van der Waals surface area contributed by atoms with Gasteiger partial charge in [0.2, 0.25) is 0 Å². The Bertz CT molecular complexity index is 148. The highest BCUT2D eigenvalue weighted by Gasteiger charge is 2.20. The molecule has 2 nitrogen and oxygen atoms in total. The van der Waals surface area contributed by atoms with E-state index < -0.39 is 6.10 Å². The molecule has 0 bridgehead atoms. The van der Waals surface area contributed by atoms with Crippen molar-refractivity contribution in [2.45, 2.75) is 53.1 Å². The monoisotopic (exact) mass is 186 g/mol. The third-order valence-corrected chi connectivity index (χ3v) is 2.61. The topological polar surface area (TPSA) is 37.3 Å². The SMILES string of the molecule is CCC(CC)CC(=O)C(O)C(C)C. The molecule has 0 aliphatic carbocycles. The summed E-state index contributed by atoms with van der Waals surface area (Å²) in [6, 6.07) is 0. The minimum absolute atomic E-state index is 0.00343. The third-order valence-electron chi connectivity index (χ3n) is 2.61. The fourth-order valence-electron chi connectivity index (χ4n) is 1.35. The van der Waals surface area contributed by atoms with Crippen LogP contribution in [-0.4, -0.2) is 17.0 Å². The average molecular weight is 186 g/mol. The summed E-state index contributed by atoms with van der Waals surface area (Å²) in [5.74, 6) is 0.492. The van der Waals surface area contributed by atoms with Crippen molar-refractivity contribution in [2.24, 2.45) is 11.8 Å². The van der Waals surface area contributed by atoms with E-state index in [0.717, 1.165) is 12.8 Å². The maximum atomic E-state index is 11.5. The van der Waals surface area contributed by atoms with Gasteiger partial charge in [0.25, 0.3) is 0 Å². The van der Waals surface area contributed by atoms with Crippen molar-refractivity contribution in [3.05, 3.63) is 0 Å². The maximum absolute atomic E-state index is 11.5. The van der Waals surface area contributed by atoms with Crippen LogP contribution in [0.2, 0.25) is 0 Å². The molecule has 2 heteroatoms. The van der Waals surface area contributed by atoms with Gasteiger partial charge in [0.05, 0.1) is 0 Å². The van der Waals surface area contributed by atoms with Crippen LogP contribution in [0.1, 0.15) is 47.0 Å². The van der Waals surface area contributed by atoms with E-state index in [-0.39, 0.29) is 11.7 Å². The zero-order chi connectivity index (χ0) is 10.4. The normalized spacial score (nSPS) is 13.8. The molecule has 0 aliphatic heterocycles. The fourth-order valence-corrected chi connectivity index (χ4v) is 1.35. The molecule has 0 rings (SSSR count). The molecule has 0 fully saturated rings. The highest BCUT2D eigenvalue weighted by atomic mass is 16.3. The third kappa shape index (κ3) is 4.41. The summed E-state index contributed by atoms with van der Waals surface area (Å²) in [5, 5.41) is 9.49. The molecular formula is C11H22O2. The van der Waals surface area contributed by atoms with Gasteiger partial charge in [0.15, 0.2) is 5.78 Å². The summed E-state index contributed by atoms with van der Waals surface area (Å²) in [6.45, 7) is 7.91. The van der Waals surface area contributed by atoms with Crippen LogP contribution < -0.4 is 0 Å². The van der Waals surface area contributed by atoms with Gasteiger partial charge in [-0.3, -0.25) is 4.79 Å². The fraction of sp³-hybridized carbons (Fsp3) is 0.909. The van der Waals surface area contributed by atoms with Gasteiger partial charge in [0.1, 0.15) is 6.10 Å². The van der Waals surface area contributed by atoms with Crippen molar-refractivity contribution in [2.75, 3.05) is 0 Å². The van der Waals surface area contributed by atoms with Crippen LogP contribution in [0, 0.1) is 11.8 Å². The second-order valence-electron chi connectivity index (χ2n) is 4.04. The Morgan fingerprint density at radius 3 is 2.00 bits per heavy atom. The highest BCUT2D eigenvalue weighted by molar-refractivity contribution is 5.83.